The average Bonchev–Trinajstić information content (AvgIpc) is 2.41. The average molecular weight is 260 g/mol. The molecule has 0 saturated carbocycles. The first-order valence-corrected chi connectivity index (χ1v) is 7.34. The Balaban J connectivity index is 1.73. The van der Waals surface area contributed by atoms with Crippen molar-refractivity contribution in [2.24, 2.45) is 5.92 Å². The van der Waals surface area contributed by atoms with Gasteiger partial charge >= 0.3 is 0 Å². The van der Waals surface area contributed by atoms with Gasteiger partial charge in [0, 0.05) is 43.4 Å². The molecule has 4 heteroatoms. The summed E-state index contributed by atoms with van der Waals surface area (Å²) < 4.78 is 1.97. The molecule has 4 nitrogen and oxygen atoms in total. The van der Waals surface area contributed by atoms with Gasteiger partial charge in [-0.25, -0.2) is 0 Å². The molecule has 3 aliphatic heterocycles. The Hall–Kier alpha value is -1.13. The van der Waals surface area contributed by atoms with Crippen LogP contribution in [0.4, 0.5) is 0 Å². The summed E-state index contributed by atoms with van der Waals surface area (Å²) >= 11 is 0. The third kappa shape index (κ3) is 1.77. The summed E-state index contributed by atoms with van der Waals surface area (Å²) in [6.45, 7) is 2.90. The first-order chi connectivity index (χ1) is 9.22. The Kier molecular flexibility index (Phi) is 2.57. The quantitative estimate of drug-likeness (QED) is 0.750. The SMILES string of the molecule is O=c1cccc2n1C[C@H]1C[C@@H]2CN2CC[C@H](O)C[C@@H]12. The van der Waals surface area contributed by atoms with E-state index in [2.05, 4.69) is 11.0 Å². The van der Waals surface area contributed by atoms with E-state index in [0.29, 0.717) is 17.9 Å². The molecule has 1 N–H and O–H groups in total. The molecule has 1 aromatic heterocycles. The smallest absolute Gasteiger partial charge is 0.250 e. The molecule has 0 radical (unpaired) electrons. The first-order valence-electron chi connectivity index (χ1n) is 7.34. The van der Waals surface area contributed by atoms with Crippen molar-refractivity contribution in [3.8, 4) is 0 Å². The fraction of sp³-hybridized carbons (Fsp3) is 0.667. The molecule has 2 bridgehead atoms. The van der Waals surface area contributed by atoms with Crippen molar-refractivity contribution in [1.29, 1.82) is 0 Å². The van der Waals surface area contributed by atoms with Crippen molar-refractivity contribution in [2.45, 2.75) is 43.9 Å². The predicted octanol–water partition coefficient (Wildman–Crippen LogP) is 0.791. The van der Waals surface area contributed by atoms with Crippen LogP contribution in [0.25, 0.3) is 0 Å². The summed E-state index contributed by atoms with van der Waals surface area (Å²) in [4.78, 5) is 14.6. The van der Waals surface area contributed by atoms with E-state index in [9.17, 15) is 9.90 Å². The minimum atomic E-state index is -0.147. The van der Waals surface area contributed by atoms with Crippen LogP contribution in [0.15, 0.2) is 23.0 Å². The fourth-order valence-corrected chi connectivity index (χ4v) is 4.36. The number of aliphatic hydroxyl groups excluding tert-OH is 1. The second-order valence-electron chi connectivity index (χ2n) is 6.33. The van der Waals surface area contributed by atoms with Gasteiger partial charge in [0.25, 0.3) is 5.56 Å². The summed E-state index contributed by atoms with van der Waals surface area (Å²) in [5.41, 5.74) is 1.35. The highest BCUT2D eigenvalue weighted by Crippen LogP contribution is 2.41. The lowest BCUT2D eigenvalue weighted by Crippen LogP contribution is -2.56. The minimum absolute atomic E-state index is 0.136. The van der Waals surface area contributed by atoms with Gasteiger partial charge in [-0.15, -0.1) is 0 Å². The van der Waals surface area contributed by atoms with Crippen LogP contribution >= 0.6 is 0 Å². The minimum Gasteiger partial charge on any atom is -0.393 e. The lowest BCUT2D eigenvalue weighted by Gasteiger charge is -2.51. The standard InChI is InChI=1S/C15H20N2O2/c18-12-4-5-16-8-10-6-11(14(16)7-12)9-17-13(10)2-1-3-15(17)19/h1-3,10-12,14,18H,4-9H2/t10-,11-,12+,14+/m1/s1. The molecule has 0 spiro atoms. The lowest BCUT2D eigenvalue weighted by atomic mass is 9.75. The number of nitrogens with zero attached hydrogens (tertiary/aromatic N) is 2. The number of hydrogen-bond donors (Lipinski definition) is 1. The van der Waals surface area contributed by atoms with Crippen molar-refractivity contribution in [1.82, 2.24) is 9.47 Å². The van der Waals surface area contributed by atoms with Crippen LogP contribution < -0.4 is 5.56 Å². The molecule has 1 aromatic rings. The largest absolute Gasteiger partial charge is 0.393 e. The summed E-state index contributed by atoms with van der Waals surface area (Å²) in [6.07, 6.45) is 2.81. The van der Waals surface area contributed by atoms with Crippen LogP contribution in [-0.2, 0) is 6.54 Å². The van der Waals surface area contributed by atoms with E-state index in [-0.39, 0.29) is 11.7 Å². The normalized spacial score (nSPS) is 37.5. The van der Waals surface area contributed by atoms with E-state index in [1.807, 2.05) is 10.6 Å². The lowest BCUT2D eigenvalue weighted by molar-refractivity contribution is -0.0247. The summed E-state index contributed by atoms with van der Waals surface area (Å²) in [5, 5.41) is 9.90. The third-order valence-electron chi connectivity index (χ3n) is 5.24. The Morgan fingerprint density at radius 2 is 2.11 bits per heavy atom. The number of aliphatic hydroxyl groups is 1. The molecule has 0 aromatic carbocycles. The van der Waals surface area contributed by atoms with E-state index in [1.165, 1.54) is 12.1 Å². The summed E-state index contributed by atoms with van der Waals surface area (Å²) in [5.74, 6) is 1.03. The Bertz CT molecular complexity index is 553. The number of hydrogen-bond acceptors (Lipinski definition) is 3. The van der Waals surface area contributed by atoms with Crippen LogP contribution in [0.2, 0.25) is 0 Å². The number of rotatable bonds is 0. The highest BCUT2D eigenvalue weighted by atomic mass is 16.3. The zero-order chi connectivity index (χ0) is 13.0. The molecule has 0 unspecified atom stereocenters. The van der Waals surface area contributed by atoms with E-state index >= 15 is 0 Å². The maximum Gasteiger partial charge on any atom is 0.250 e. The number of piperidine rings is 2. The van der Waals surface area contributed by atoms with E-state index in [4.69, 9.17) is 0 Å². The van der Waals surface area contributed by atoms with Crippen molar-refractivity contribution in [2.75, 3.05) is 13.1 Å². The number of pyridine rings is 1. The van der Waals surface area contributed by atoms with Gasteiger partial charge in [0.05, 0.1) is 6.10 Å². The van der Waals surface area contributed by atoms with Crippen LogP contribution in [0.3, 0.4) is 0 Å². The zero-order valence-electron chi connectivity index (χ0n) is 11.0. The van der Waals surface area contributed by atoms with Gasteiger partial charge in [-0.2, -0.15) is 0 Å². The van der Waals surface area contributed by atoms with Crippen molar-refractivity contribution in [3.63, 3.8) is 0 Å². The Labute approximate surface area is 112 Å². The van der Waals surface area contributed by atoms with E-state index in [0.717, 1.165) is 32.5 Å². The fourth-order valence-electron chi connectivity index (χ4n) is 4.36. The van der Waals surface area contributed by atoms with Gasteiger partial charge in [-0.3, -0.25) is 9.69 Å². The predicted molar refractivity (Wildman–Crippen MR) is 72.2 cm³/mol. The van der Waals surface area contributed by atoms with Crippen molar-refractivity contribution in [3.05, 3.63) is 34.2 Å². The second kappa shape index (κ2) is 4.18. The van der Waals surface area contributed by atoms with Crippen molar-refractivity contribution < 1.29 is 5.11 Å². The Morgan fingerprint density at radius 1 is 1.21 bits per heavy atom. The summed E-state index contributed by atoms with van der Waals surface area (Å²) in [6, 6.07) is 6.14. The molecule has 4 atom stereocenters. The monoisotopic (exact) mass is 260 g/mol. The van der Waals surface area contributed by atoms with Gasteiger partial charge in [0.15, 0.2) is 0 Å². The first kappa shape index (κ1) is 11.7. The van der Waals surface area contributed by atoms with Crippen molar-refractivity contribution >= 4 is 0 Å². The molecule has 4 rings (SSSR count). The van der Waals surface area contributed by atoms with Crippen LogP contribution in [0, 0.1) is 5.92 Å². The van der Waals surface area contributed by atoms with Gasteiger partial charge in [-0.05, 0) is 31.2 Å². The van der Waals surface area contributed by atoms with Gasteiger partial charge in [0.2, 0.25) is 0 Å². The van der Waals surface area contributed by atoms with E-state index < -0.39 is 0 Å². The topological polar surface area (TPSA) is 45.5 Å². The maximum absolute atomic E-state index is 12.0. The van der Waals surface area contributed by atoms with Crippen LogP contribution in [-0.4, -0.2) is 39.8 Å². The molecule has 0 aliphatic carbocycles. The number of aromatic nitrogens is 1. The van der Waals surface area contributed by atoms with Gasteiger partial charge in [-0.1, -0.05) is 6.07 Å². The molecule has 19 heavy (non-hydrogen) atoms. The third-order valence-corrected chi connectivity index (χ3v) is 5.24. The second-order valence-corrected chi connectivity index (χ2v) is 6.33. The van der Waals surface area contributed by atoms with Gasteiger partial charge < -0.3 is 9.67 Å². The molecule has 4 heterocycles. The molecule has 2 fully saturated rings. The highest BCUT2D eigenvalue weighted by molar-refractivity contribution is 5.18. The molecular formula is C15H20N2O2. The van der Waals surface area contributed by atoms with Crippen LogP contribution in [0.1, 0.15) is 30.9 Å². The Morgan fingerprint density at radius 3 is 3.00 bits per heavy atom. The zero-order valence-corrected chi connectivity index (χ0v) is 11.0. The molecular weight excluding hydrogens is 240 g/mol. The van der Waals surface area contributed by atoms with E-state index in [1.54, 1.807) is 6.07 Å². The van der Waals surface area contributed by atoms with Crippen LogP contribution in [0.5, 0.6) is 0 Å². The molecule has 2 saturated heterocycles. The highest BCUT2D eigenvalue weighted by Gasteiger charge is 2.43. The molecule has 102 valence electrons. The molecule has 0 amide bonds. The molecule has 3 aliphatic rings. The maximum atomic E-state index is 12.0. The summed E-state index contributed by atoms with van der Waals surface area (Å²) in [7, 11) is 0. The van der Waals surface area contributed by atoms with Gasteiger partial charge in [0.1, 0.15) is 0 Å². The number of fused-ring (bicyclic) bond motifs is 6.